The lowest BCUT2D eigenvalue weighted by atomic mass is 10.2. The second-order valence-electron chi connectivity index (χ2n) is 7.45. The summed E-state index contributed by atoms with van der Waals surface area (Å²) in [5.41, 5.74) is 3.01. The molecular formula is C25H22ClFN4O2S. The van der Waals surface area contributed by atoms with E-state index in [0.717, 1.165) is 16.8 Å². The van der Waals surface area contributed by atoms with E-state index in [9.17, 15) is 9.18 Å². The van der Waals surface area contributed by atoms with Gasteiger partial charge in [-0.3, -0.25) is 9.36 Å². The Balaban J connectivity index is 1.59. The van der Waals surface area contributed by atoms with Gasteiger partial charge in [0.25, 0.3) is 5.91 Å². The summed E-state index contributed by atoms with van der Waals surface area (Å²) in [4.78, 5) is 12.7. The Hall–Kier alpha value is -3.36. The fourth-order valence-electron chi connectivity index (χ4n) is 3.37. The van der Waals surface area contributed by atoms with Crippen molar-refractivity contribution in [2.24, 2.45) is 0 Å². The molecule has 0 saturated carbocycles. The second-order valence-corrected chi connectivity index (χ2v) is 8.80. The minimum atomic E-state index is -0.285. The Bertz CT molecular complexity index is 1310. The van der Waals surface area contributed by atoms with Crippen LogP contribution in [-0.2, 0) is 12.3 Å². The van der Waals surface area contributed by atoms with E-state index in [2.05, 4.69) is 15.5 Å². The van der Waals surface area contributed by atoms with Crippen LogP contribution in [-0.4, -0.2) is 27.8 Å². The molecule has 1 N–H and O–H groups in total. The lowest BCUT2D eigenvalue weighted by molar-refractivity contribution is 0.0949. The molecule has 4 rings (SSSR count). The molecule has 174 valence electrons. The van der Waals surface area contributed by atoms with Crippen LogP contribution in [0.25, 0.3) is 5.69 Å². The van der Waals surface area contributed by atoms with Crippen LogP contribution in [0.15, 0.2) is 71.9 Å². The highest BCUT2D eigenvalue weighted by atomic mass is 35.5. The maximum Gasteiger partial charge on any atom is 0.251 e. The van der Waals surface area contributed by atoms with Gasteiger partial charge in [0.2, 0.25) is 0 Å². The first kappa shape index (κ1) is 23.8. The zero-order valence-corrected chi connectivity index (χ0v) is 20.2. The van der Waals surface area contributed by atoms with Gasteiger partial charge in [-0.2, -0.15) is 0 Å². The molecule has 0 aliphatic heterocycles. The number of thioether (sulfide) groups is 1. The fraction of sp³-hybridized carbons (Fsp3) is 0.160. The number of rotatable bonds is 8. The summed E-state index contributed by atoms with van der Waals surface area (Å²) in [6.07, 6.45) is 0. The molecule has 0 aliphatic rings. The molecule has 0 bridgehead atoms. The normalized spacial score (nSPS) is 10.8. The Labute approximate surface area is 206 Å². The average molecular weight is 497 g/mol. The zero-order chi connectivity index (χ0) is 24.1. The SMILES string of the molecule is COc1ccc(C(=O)NCc2nnc(SCc3cccc(F)c3)n2-c2cccc(Cl)c2C)cc1. The number of carbonyl (C=O) groups is 1. The largest absolute Gasteiger partial charge is 0.497 e. The lowest BCUT2D eigenvalue weighted by Gasteiger charge is -2.14. The van der Waals surface area contributed by atoms with Crippen molar-refractivity contribution in [3.05, 3.63) is 100 Å². The number of carbonyl (C=O) groups excluding carboxylic acids is 1. The molecule has 0 unspecified atom stereocenters. The first-order valence-corrected chi connectivity index (χ1v) is 11.8. The van der Waals surface area contributed by atoms with Gasteiger partial charge in [-0.1, -0.05) is 41.6 Å². The minimum Gasteiger partial charge on any atom is -0.497 e. The molecule has 3 aromatic carbocycles. The van der Waals surface area contributed by atoms with Gasteiger partial charge in [-0.05, 0) is 66.6 Å². The molecule has 1 aromatic heterocycles. The van der Waals surface area contributed by atoms with Crippen molar-refractivity contribution < 1.29 is 13.9 Å². The summed E-state index contributed by atoms with van der Waals surface area (Å²) >= 11 is 7.80. The number of halogens is 2. The molecule has 1 heterocycles. The van der Waals surface area contributed by atoms with Gasteiger partial charge in [-0.15, -0.1) is 10.2 Å². The molecular weight excluding hydrogens is 475 g/mol. The Kier molecular flexibility index (Phi) is 7.49. The van der Waals surface area contributed by atoms with Gasteiger partial charge in [0.1, 0.15) is 11.6 Å². The molecule has 9 heteroatoms. The Morgan fingerprint density at radius 1 is 1.12 bits per heavy atom. The van der Waals surface area contributed by atoms with Gasteiger partial charge in [0, 0.05) is 16.3 Å². The average Bonchev–Trinajstić information content (AvgIpc) is 3.25. The summed E-state index contributed by atoms with van der Waals surface area (Å²) in [6, 6.07) is 18.9. The Morgan fingerprint density at radius 2 is 1.88 bits per heavy atom. The number of hydrogen-bond acceptors (Lipinski definition) is 5. The summed E-state index contributed by atoms with van der Waals surface area (Å²) in [6.45, 7) is 2.07. The molecule has 6 nitrogen and oxygen atoms in total. The molecule has 4 aromatic rings. The van der Waals surface area contributed by atoms with Crippen LogP contribution < -0.4 is 10.1 Å². The van der Waals surface area contributed by atoms with E-state index in [-0.39, 0.29) is 18.3 Å². The van der Waals surface area contributed by atoms with Crippen LogP contribution in [0.5, 0.6) is 5.75 Å². The van der Waals surface area contributed by atoms with Crippen molar-refractivity contribution >= 4 is 29.3 Å². The van der Waals surface area contributed by atoms with Crippen LogP contribution >= 0.6 is 23.4 Å². The number of aromatic nitrogens is 3. The van der Waals surface area contributed by atoms with Gasteiger partial charge < -0.3 is 10.1 Å². The van der Waals surface area contributed by atoms with Crippen molar-refractivity contribution in [3.63, 3.8) is 0 Å². The number of hydrogen-bond donors (Lipinski definition) is 1. The summed E-state index contributed by atoms with van der Waals surface area (Å²) < 4.78 is 20.6. The Morgan fingerprint density at radius 3 is 2.62 bits per heavy atom. The number of nitrogens with zero attached hydrogens (tertiary/aromatic N) is 3. The molecule has 0 radical (unpaired) electrons. The molecule has 0 aliphatic carbocycles. The van der Waals surface area contributed by atoms with Gasteiger partial charge in [0.15, 0.2) is 11.0 Å². The highest BCUT2D eigenvalue weighted by Gasteiger charge is 2.18. The third-order valence-corrected chi connectivity index (χ3v) is 6.61. The monoisotopic (exact) mass is 496 g/mol. The zero-order valence-electron chi connectivity index (χ0n) is 18.6. The summed E-state index contributed by atoms with van der Waals surface area (Å²) in [5, 5.41) is 12.8. The first-order valence-electron chi connectivity index (χ1n) is 10.5. The number of ether oxygens (including phenoxy) is 1. The molecule has 0 atom stereocenters. The number of methoxy groups -OCH3 is 1. The number of nitrogens with one attached hydrogen (secondary N) is 1. The standard InChI is InChI=1S/C25H22ClFN4O2S/c1-16-21(26)7-4-8-22(16)31-23(14-28-24(32)18-9-11-20(33-2)12-10-18)29-30-25(31)34-15-17-5-3-6-19(27)13-17/h3-13H,14-15H2,1-2H3,(H,28,32). The number of amides is 1. The van der Waals surface area contributed by atoms with E-state index in [1.807, 2.05) is 35.8 Å². The van der Waals surface area contributed by atoms with Crippen molar-refractivity contribution in [1.82, 2.24) is 20.1 Å². The predicted molar refractivity (Wildman–Crippen MR) is 131 cm³/mol. The smallest absolute Gasteiger partial charge is 0.251 e. The van der Waals surface area contributed by atoms with E-state index in [1.54, 1.807) is 37.4 Å². The van der Waals surface area contributed by atoms with E-state index < -0.39 is 0 Å². The van der Waals surface area contributed by atoms with E-state index in [4.69, 9.17) is 16.3 Å². The van der Waals surface area contributed by atoms with Crippen LogP contribution in [0.2, 0.25) is 5.02 Å². The van der Waals surface area contributed by atoms with E-state index in [0.29, 0.717) is 33.1 Å². The highest BCUT2D eigenvalue weighted by molar-refractivity contribution is 7.98. The number of benzene rings is 3. The van der Waals surface area contributed by atoms with Gasteiger partial charge >= 0.3 is 0 Å². The summed E-state index contributed by atoms with van der Waals surface area (Å²) in [7, 11) is 1.57. The molecule has 34 heavy (non-hydrogen) atoms. The topological polar surface area (TPSA) is 69.0 Å². The molecule has 0 spiro atoms. The van der Waals surface area contributed by atoms with Crippen molar-refractivity contribution in [1.29, 1.82) is 0 Å². The highest BCUT2D eigenvalue weighted by Crippen LogP contribution is 2.29. The van der Waals surface area contributed by atoms with Gasteiger partial charge in [-0.25, -0.2) is 4.39 Å². The first-order chi connectivity index (χ1) is 16.5. The lowest BCUT2D eigenvalue weighted by Crippen LogP contribution is -2.24. The van der Waals surface area contributed by atoms with Crippen molar-refractivity contribution in [2.75, 3.05) is 7.11 Å². The maximum atomic E-state index is 13.6. The van der Waals surface area contributed by atoms with E-state index in [1.165, 1.54) is 23.9 Å². The molecule has 1 amide bonds. The second kappa shape index (κ2) is 10.7. The van der Waals surface area contributed by atoms with Crippen LogP contribution in [0.3, 0.4) is 0 Å². The van der Waals surface area contributed by atoms with Crippen molar-refractivity contribution in [3.8, 4) is 11.4 Å². The van der Waals surface area contributed by atoms with Crippen LogP contribution in [0, 0.1) is 12.7 Å². The summed E-state index contributed by atoms with van der Waals surface area (Å²) in [5.74, 6) is 1.20. The van der Waals surface area contributed by atoms with E-state index >= 15 is 0 Å². The third-order valence-electron chi connectivity index (χ3n) is 5.20. The maximum absolute atomic E-state index is 13.6. The third kappa shape index (κ3) is 5.40. The van der Waals surface area contributed by atoms with Crippen LogP contribution in [0.4, 0.5) is 4.39 Å². The predicted octanol–water partition coefficient (Wildman–Crippen LogP) is 5.60. The van der Waals surface area contributed by atoms with Gasteiger partial charge in [0.05, 0.1) is 19.3 Å². The van der Waals surface area contributed by atoms with Crippen LogP contribution in [0.1, 0.15) is 27.3 Å². The quantitative estimate of drug-likeness (QED) is 0.322. The molecule has 0 saturated heterocycles. The van der Waals surface area contributed by atoms with Crippen molar-refractivity contribution in [2.45, 2.75) is 24.4 Å². The molecule has 0 fully saturated rings. The minimum absolute atomic E-state index is 0.157. The fourth-order valence-corrected chi connectivity index (χ4v) is 4.44.